The van der Waals surface area contributed by atoms with Gasteiger partial charge in [-0.2, -0.15) is 0 Å². The third-order valence-corrected chi connectivity index (χ3v) is 5.22. The second kappa shape index (κ2) is 5.92. The lowest BCUT2D eigenvalue weighted by Gasteiger charge is -2.10. The van der Waals surface area contributed by atoms with Crippen LogP contribution in [0, 0.1) is 13.8 Å². The number of nitrogens with zero attached hydrogens (tertiary/aromatic N) is 2. The lowest BCUT2D eigenvalue weighted by molar-refractivity contribution is 0.676. The van der Waals surface area contributed by atoms with E-state index in [1.54, 1.807) is 11.3 Å². The fraction of sp³-hybridized carbons (Fsp3) is 0.467. The minimum Gasteiger partial charge on any atom is -0.314 e. The molecule has 0 amide bonds. The Labute approximate surface area is 132 Å². The van der Waals surface area contributed by atoms with Gasteiger partial charge in [-0.3, -0.25) is 0 Å². The molecule has 1 fully saturated rings. The van der Waals surface area contributed by atoms with Crippen molar-refractivity contribution < 1.29 is 0 Å². The van der Waals surface area contributed by atoms with Crippen LogP contribution in [0.4, 0.5) is 0 Å². The molecule has 0 unspecified atom stereocenters. The van der Waals surface area contributed by atoms with Gasteiger partial charge in [0, 0.05) is 17.4 Å². The second-order valence-electron chi connectivity index (χ2n) is 5.28. The van der Waals surface area contributed by atoms with Gasteiger partial charge in [0.05, 0.1) is 8.66 Å². The number of thiophene rings is 1. The van der Waals surface area contributed by atoms with Crippen molar-refractivity contribution in [3.63, 3.8) is 0 Å². The zero-order chi connectivity index (χ0) is 14.1. The molecule has 1 aliphatic rings. The van der Waals surface area contributed by atoms with Crippen LogP contribution in [0.1, 0.15) is 29.8 Å². The summed E-state index contributed by atoms with van der Waals surface area (Å²) < 4.78 is 1.11. The van der Waals surface area contributed by atoms with Gasteiger partial charge in [0.1, 0.15) is 0 Å². The second-order valence-corrected chi connectivity index (χ2v) is 7.74. The molecular weight excluding hydrogens is 334 g/mol. The van der Waals surface area contributed by atoms with E-state index in [-0.39, 0.29) is 0 Å². The third kappa shape index (κ3) is 3.27. The standard InChI is InChI=1S/C15H18BrN3S/c1-9-12(7-8-17-11-3-4-11)10(2)19-15(18-9)13-5-6-14(16)20-13/h5-6,11,17H,3-4,7-8H2,1-2H3. The molecule has 1 N–H and O–H groups in total. The van der Waals surface area contributed by atoms with Crippen molar-refractivity contribution in [2.45, 2.75) is 39.2 Å². The van der Waals surface area contributed by atoms with Gasteiger partial charge in [0.15, 0.2) is 5.82 Å². The maximum Gasteiger partial charge on any atom is 0.169 e. The molecule has 1 saturated carbocycles. The quantitative estimate of drug-likeness (QED) is 0.888. The Morgan fingerprint density at radius 2 is 1.95 bits per heavy atom. The van der Waals surface area contributed by atoms with E-state index in [0.29, 0.717) is 0 Å². The smallest absolute Gasteiger partial charge is 0.169 e. The summed E-state index contributed by atoms with van der Waals surface area (Å²) in [6.07, 6.45) is 3.68. The molecule has 2 aromatic rings. The number of halogens is 1. The van der Waals surface area contributed by atoms with Crippen LogP contribution < -0.4 is 5.32 Å². The monoisotopic (exact) mass is 351 g/mol. The van der Waals surface area contributed by atoms with Crippen LogP contribution in [0.2, 0.25) is 0 Å². The maximum absolute atomic E-state index is 4.68. The first kappa shape index (κ1) is 14.2. The molecule has 5 heteroatoms. The number of rotatable bonds is 5. The summed E-state index contributed by atoms with van der Waals surface area (Å²) in [4.78, 5) is 10.5. The van der Waals surface area contributed by atoms with Crippen molar-refractivity contribution >= 4 is 27.3 Å². The van der Waals surface area contributed by atoms with Crippen molar-refractivity contribution in [2.24, 2.45) is 0 Å². The first-order chi connectivity index (χ1) is 9.63. The summed E-state index contributed by atoms with van der Waals surface area (Å²) in [6, 6.07) is 4.87. The van der Waals surface area contributed by atoms with Gasteiger partial charge in [-0.15, -0.1) is 11.3 Å². The maximum atomic E-state index is 4.68. The van der Waals surface area contributed by atoms with Gasteiger partial charge in [0.25, 0.3) is 0 Å². The minimum absolute atomic E-state index is 0.763. The van der Waals surface area contributed by atoms with E-state index in [1.807, 2.05) is 6.07 Å². The van der Waals surface area contributed by atoms with E-state index in [4.69, 9.17) is 0 Å². The summed E-state index contributed by atoms with van der Waals surface area (Å²) in [6.45, 7) is 5.21. The van der Waals surface area contributed by atoms with Crippen molar-refractivity contribution in [1.82, 2.24) is 15.3 Å². The molecule has 2 heterocycles. The zero-order valence-corrected chi connectivity index (χ0v) is 14.1. The van der Waals surface area contributed by atoms with Crippen molar-refractivity contribution in [3.8, 4) is 10.7 Å². The zero-order valence-electron chi connectivity index (χ0n) is 11.7. The van der Waals surface area contributed by atoms with Crippen molar-refractivity contribution in [1.29, 1.82) is 0 Å². The minimum atomic E-state index is 0.763. The highest BCUT2D eigenvalue weighted by Crippen LogP contribution is 2.30. The Bertz CT molecular complexity index is 596. The molecule has 0 atom stereocenters. The summed E-state index contributed by atoms with van der Waals surface area (Å²) in [5, 5.41) is 3.55. The Morgan fingerprint density at radius 1 is 1.25 bits per heavy atom. The average molecular weight is 352 g/mol. The highest BCUT2D eigenvalue weighted by Gasteiger charge is 2.20. The van der Waals surface area contributed by atoms with Crippen LogP contribution >= 0.6 is 27.3 Å². The normalized spacial score (nSPS) is 14.8. The summed E-state index contributed by atoms with van der Waals surface area (Å²) in [5.74, 6) is 0.842. The van der Waals surface area contributed by atoms with Gasteiger partial charge in [-0.1, -0.05) is 0 Å². The van der Waals surface area contributed by atoms with E-state index >= 15 is 0 Å². The fourth-order valence-electron chi connectivity index (χ4n) is 2.33. The highest BCUT2D eigenvalue weighted by molar-refractivity contribution is 9.11. The first-order valence-electron chi connectivity index (χ1n) is 6.96. The van der Waals surface area contributed by atoms with Crippen LogP contribution in [0.25, 0.3) is 10.7 Å². The largest absolute Gasteiger partial charge is 0.314 e. The summed E-state index contributed by atoms with van der Waals surface area (Å²) >= 11 is 5.16. The van der Waals surface area contributed by atoms with E-state index in [0.717, 1.165) is 44.9 Å². The van der Waals surface area contributed by atoms with Crippen LogP contribution in [0.5, 0.6) is 0 Å². The Hall–Kier alpha value is -0.780. The molecule has 0 aliphatic heterocycles. The van der Waals surface area contributed by atoms with E-state index < -0.39 is 0 Å². The van der Waals surface area contributed by atoms with Gasteiger partial charge in [-0.05, 0) is 73.3 Å². The molecule has 0 spiro atoms. The summed E-state index contributed by atoms with van der Waals surface area (Å²) in [5.41, 5.74) is 3.50. The number of aryl methyl sites for hydroxylation is 2. The molecule has 1 aliphatic carbocycles. The fourth-order valence-corrected chi connectivity index (χ4v) is 3.65. The predicted molar refractivity (Wildman–Crippen MR) is 87.2 cm³/mol. The molecule has 106 valence electrons. The van der Waals surface area contributed by atoms with Crippen molar-refractivity contribution in [2.75, 3.05) is 6.54 Å². The molecule has 20 heavy (non-hydrogen) atoms. The molecule has 0 aromatic carbocycles. The first-order valence-corrected chi connectivity index (χ1v) is 8.57. The summed E-state index contributed by atoms with van der Waals surface area (Å²) in [7, 11) is 0. The van der Waals surface area contributed by atoms with Crippen LogP contribution in [-0.2, 0) is 6.42 Å². The molecule has 2 aromatic heterocycles. The van der Waals surface area contributed by atoms with Gasteiger partial charge in [0.2, 0.25) is 0 Å². The Kier molecular flexibility index (Phi) is 4.19. The van der Waals surface area contributed by atoms with Crippen LogP contribution in [-0.4, -0.2) is 22.6 Å². The number of hydrogen-bond acceptors (Lipinski definition) is 4. The van der Waals surface area contributed by atoms with E-state index in [1.165, 1.54) is 18.4 Å². The van der Waals surface area contributed by atoms with Crippen LogP contribution in [0.15, 0.2) is 15.9 Å². The average Bonchev–Trinajstić information content (AvgIpc) is 3.12. The van der Waals surface area contributed by atoms with E-state index in [9.17, 15) is 0 Å². The lowest BCUT2D eigenvalue weighted by atomic mass is 10.1. The number of aromatic nitrogens is 2. The third-order valence-electron chi connectivity index (χ3n) is 3.60. The molecule has 0 saturated heterocycles. The molecular formula is C15H18BrN3S. The SMILES string of the molecule is Cc1nc(-c2ccc(Br)s2)nc(C)c1CCNC1CC1. The van der Waals surface area contributed by atoms with Gasteiger partial charge < -0.3 is 5.32 Å². The molecule has 3 rings (SSSR count). The molecule has 3 nitrogen and oxygen atoms in total. The Morgan fingerprint density at radius 3 is 2.50 bits per heavy atom. The van der Waals surface area contributed by atoms with Crippen LogP contribution in [0.3, 0.4) is 0 Å². The molecule has 0 radical (unpaired) electrons. The predicted octanol–water partition coefficient (Wildman–Crippen LogP) is 3.88. The van der Waals surface area contributed by atoms with E-state index in [2.05, 4.69) is 51.1 Å². The van der Waals surface area contributed by atoms with Gasteiger partial charge in [-0.25, -0.2) is 9.97 Å². The van der Waals surface area contributed by atoms with Crippen molar-refractivity contribution in [3.05, 3.63) is 32.9 Å². The lowest BCUT2D eigenvalue weighted by Crippen LogP contribution is -2.20. The number of hydrogen-bond donors (Lipinski definition) is 1. The molecule has 0 bridgehead atoms. The Balaban J connectivity index is 1.78. The number of nitrogens with one attached hydrogen (secondary N) is 1. The highest BCUT2D eigenvalue weighted by atomic mass is 79.9. The van der Waals surface area contributed by atoms with Gasteiger partial charge >= 0.3 is 0 Å². The topological polar surface area (TPSA) is 37.8 Å².